The van der Waals surface area contributed by atoms with Crippen molar-refractivity contribution in [2.24, 2.45) is 0 Å². The summed E-state index contributed by atoms with van der Waals surface area (Å²) in [6.07, 6.45) is 0.590. The molecule has 0 aliphatic carbocycles. The third-order valence-corrected chi connectivity index (χ3v) is 6.18. The predicted molar refractivity (Wildman–Crippen MR) is 131 cm³/mol. The average molecular weight is 489 g/mol. The first-order valence-corrected chi connectivity index (χ1v) is 12.0. The van der Waals surface area contributed by atoms with E-state index in [0.29, 0.717) is 29.3 Å². The summed E-state index contributed by atoms with van der Waals surface area (Å²) < 4.78 is 5.05. The van der Waals surface area contributed by atoms with Crippen molar-refractivity contribution in [1.82, 2.24) is 5.32 Å². The van der Waals surface area contributed by atoms with Gasteiger partial charge >= 0.3 is 5.97 Å². The molecule has 0 fully saturated rings. The third kappa shape index (κ3) is 7.76. The van der Waals surface area contributed by atoms with Crippen LogP contribution in [0.2, 0.25) is 0 Å². The summed E-state index contributed by atoms with van der Waals surface area (Å²) in [6.45, 7) is 2.16. The molecule has 2 aromatic carbocycles. The summed E-state index contributed by atoms with van der Waals surface area (Å²) in [7, 11) is -0.317. The van der Waals surface area contributed by atoms with Crippen molar-refractivity contribution in [2.45, 2.75) is 6.92 Å². The molecule has 1 amide bonds. The zero-order valence-electron chi connectivity index (χ0n) is 18.1. The Morgan fingerprint density at radius 3 is 2.30 bits per heavy atom. The quantitative estimate of drug-likeness (QED) is 0.218. The third-order valence-electron chi connectivity index (χ3n) is 4.22. The monoisotopic (exact) mass is 488 g/mol. The lowest BCUT2D eigenvalue weighted by Crippen LogP contribution is -2.25. The summed E-state index contributed by atoms with van der Waals surface area (Å²) in [6, 6.07) is 17.7. The van der Waals surface area contributed by atoms with Gasteiger partial charge in [-0.05, 0) is 42.8 Å². The Bertz CT molecular complexity index is 1050. The van der Waals surface area contributed by atoms with Gasteiger partial charge in [0.05, 0.1) is 18.7 Å². The van der Waals surface area contributed by atoms with Crippen molar-refractivity contribution < 1.29 is 28.9 Å². The van der Waals surface area contributed by atoms with Crippen molar-refractivity contribution in [2.75, 3.05) is 25.5 Å². The van der Waals surface area contributed by atoms with E-state index in [2.05, 4.69) is 10.6 Å². The highest BCUT2D eigenvalue weighted by Gasteiger charge is 2.17. The lowest BCUT2D eigenvalue weighted by Gasteiger charge is -2.04. The zero-order valence-corrected chi connectivity index (χ0v) is 19.9. The molecule has 4 N–H and O–H groups in total. The number of amides is 1. The van der Waals surface area contributed by atoms with Gasteiger partial charge in [0, 0.05) is 22.8 Å². The smallest absolute Gasteiger partial charge is 0.341 e. The number of ether oxygens (including phenoxy) is 1. The Kier molecular flexibility index (Phi) is 10.7. The van der Waals surface area contributed by atoms with Crippen LogP contribution in [0.5, 0.6) is 0 Å². The molecule has 0 saturated carbocycles. The number of aldehydes is 1. The van der Waals surface area contributed by atoms with E-state index >= 15 is 0 Å². The Balaban J connectivity index is 0.000000238. The van der Waals surface area contributed by atoms with Crippen LogP contribution in [0.25, 0.3) is 10.4 Å². The van der Waals surface area contributed by atoms with Gasteiger partial charge in [-0.1, -0.05) is 30.3 Å². The van der Waals surface area contributed by atoms with Crippen LogP contribution in [-0.2, 0) is 9.53 Å². The predicted octanol–water partition coefficient (Wildman–Crippen LogP) is 3.17. The van der Waals surface area contributed by atoms with Crippen LogP contribution in [0.1, 0.15) is 27.6 Å². The number of esters is 1. The lowest BCUT2D eigenvalue weighted by atomic mass is 10.1. The molecule has 0 aliphatic heterocycles. The van der Waals surface area contributed by atoms with Gasteiger partial charge in [0.2, 0.25) is 0 Å². The highest BCUT2D eigenvalue weighted by molar-refractivity contribution is 7.54. The molecule has 33 heavy (non-hydrogen) atoms. The van der Waals surface area contributed by atoms with Crippen LogP contribution < -0.4 is 15.9 Å². The van der Waals surface area contributed by atoms with E-state index in [9.17, 15) is 14.4 Å². The highest BCUT2D eigenvalue weighted by atomic mass is 32.1. The topological polar surface area (TPSA) is 125 Å². The van der Waals surface area contributed by atoms with E-state index in [1.165, 1.54) is 24.3 Å². The molecule has 3 aromatic rings. The second-order valence-corrected chi connectivity index (χ2v) is 8.55. The number of thiophene rings is 1. The van der Waals surface area contributed by atoms with Crippen LogP contribution in [0, 0.1) is 0 Å². The molecule has 0 bridgehead atoms. The van der Waals surface area contributed by atoms with Crippen molar-refractivity contribution in [3.05, 3.63) is 71.8 Å². The summed E-state index contributed by atoms with van der Waals surface area (Å²) in [4.78, 5) is 51.9. The number of carbonyl (C=O) groups is 3. The minimum Gasteiger partial charge on any atom is -0.462 e. The highest BCUT2D eigenvalue weighted by Crippen LogP contribution is 2.35. The molecule has 174 valence electrons. The van der Waals surface area contributed by atoms with Gasteiger partial charge in [-0.25, -0.2) is 4.79 Å². The first-order valence-electron chi connectivity index (χ1n) is 9.95. The fourth-order valence-electron chi connectivity index (χ4n) is 2.66. The maximum Gasteiger partial charge on any atom is 0.341 e. The summed E-state index contributed by atoms with van der Waals surface area (Å²) >= 11 is 1.55. The molecular formula is C23H25N2O6PS. The molecule has 0 atom stereocenters. The molecular weight excluding hydrogens is 463 g/mol. The fourth-order valence-corrected chi connectivity index (χ4v) is 4.09. The molecule has 10 heteroatoms. The molecule has 0 radical (unpaired) electrons. The summed E-state index contributed by atoms with van der Waals surface area (Å²) in [5.74, 6) is -0.644. The van der Waals surface area contributed by atoms with E-state index in [4.69, 9.17) is 14.5 Å². The minimum absolute atomic E-state index is 0.0344. The molecule has 1 aromatic heterocycles. The first kappa shape index (κ1) is 26.2. The largest absolute Gasteiger partial charge is 0.462 e. The molecule has 0 unspecified atom stereocenters. The van der Waals surface area contributed by atoms with E-state index in [1.54, 1.807) is 18.3 Å². The summed E-state index contributed by atoms with van der Waals surface area (Å²) in [5.41, 5.74) is 2.08. The maximum atomic E-state index is 11.8. The van der Waals surface area contributed by atoms with Crippen LogP contribution in [-0.4, -0.2) is 48.1 Å². The zero-order chi connectivity index (χ0) is 24.2. The average Bonchev–Trinajstić information content (AvgIpc) is 3.28. The SMILES string of the molecule is CCOC(=O)c1cc(-c2ccccc2)sc1NC.O=CCNC(=O)c1ccc(P(O)O)cc1. The molecule has 0 aliphatic rings. The van der Waals surface area contributed by atoms with E-state index in [0.717, 1.165) is 15.4 Å². The maximum absolute atomic E-state index is 11.8. The molecule has 0 saturated heterocycles. The molecule has 3 rings (SSSR count). The second kappa shape index (κ2) is 13.4. The number of hydrogen-bond acceptors (Lipinski definition) is 8. The van der Waals surface area contributed by atoms with E-state index in [-0.39, 0.29) is 18.4 Å². The standard InChI is InChI=1S/C14H15NO2S.C9H10NO4P/c1-3-17-14(16)11-9-12(18-13(11)15-2)10-7-5-4-6-8-10;11-6-5-10-9(12)7-1-3-8(4-2-7)15(13)14/h4-9,15H,3H2,1-2H3;1-4,6,13-14H,5H2,(H,10,12). The van der Waals surface area contributed by atoms with Gasteiger partial charge in [-0.15, -0.1) is 11.3 Å². The number of hydrogen-bond donors (Lipinski definition) is 4. The van der Waals surface area contributed by atoms with Crippen molar-refractivity contribution in [3.8, 4) is 10.4 Å². The van der Waals surface area contributed by atoms with Crippen LogP contribution in [0.15, 0.2) is 60.7 Å². The van der Waals surface area contributed by atoms with Crippen molar-refractivity contribution in [3.63, 3.8) is 0 Å². The number of rotatable bonds is 8. The van der Waals surface area contributed by atoms with Gasteiger partial charge in [-0.2, -0.15) is 0 Å². The Morgan fingerprint density at radius 1 is 1.09 bits per heavy atom. The van der Waals surface area contributed by atoms with Gasteiger partial charge in [0.15, 0.2) is 8.38 Å². The van der Waals surface area contributed by atoms with Crippen LogP contribution in [0.4, 0.5) is 5.00 Å². The van der Waals surface area contributed by atoms with Gasteiger partial charge in [0.1, 0.15) is 11.3 Å². The summed E-state index contributed by atoms with van der Waals surface area (Å²) in [5, 5.41) is 6.63. The molecule has 8 nitrogen and oxygen atoms in total. The van der Waals surface area contributed by atoms with Gasteiger partial charge in [-0.3, -0.25) is 4.79 Å². The van der Waals surface area contributed by atoms with Crippen LogP contribution >= 0.6 is 19.7 Å². The van der Waals surface area contributed by atoms with Gasteiger partial charge < -0.3 is 30.0 Å². The van der Waals surface area contributed by atoms with Crippen molar-refractivity contribution in [1.29, 1.82) is 0 Å². The second-order valence-electron chi connectivity index (χ2n) is 6.40. The lowest BCUT2D eigenvalue weighted by molar-refractivity contribution is -0.107. The first-order chi connectivity index (χ1) is 15.9. The Labute approximate surface area is 197 Å². The van der Waals surface area contributed by atoms with Gasteiger partial charge in [0.25, 0.3) is 5.91 Å². The number of anilines is 1. The Morgan fingerprint density at radius 2 is 1.76 bits per heavy atom. The molecule has 1 heterocycles. The van der Waals surface area contributed by atoms with Crippen LogP contribution in [0.3, 0.4) is 0 Å². The minimum atomic E-state index is -2.13. The molecule has 0 spiro atoms. The van der Waals surface area contributed by atoms with Crippen molar-refractivity contribution >= 4 is 48.2 Å². The normalized spacial score (nSPS) is 10.1. The van der Waals surface area contributed by atoms with E-state index < -0.39 is 8.38 Å². The van der Waals surface area contributed by atoms with E-state index in [1.807, 2.05) is 43.4 Å². The Hall–Kier alpha value is -3.10. The number of benzene rings is 2. The number of carbonyl (C=O) groups excluding carboxylic acids is 3. The number of nitrogens with one attached hydrogen (secondary N) is 2. The fraction of sp³-hybridized carbons (Fsp3) is 0.174.